The lowest BCUT2D eigenvalue weighted by Crippen LogP contribution is -1.84. The first-order valence-corrected chi connectivity index (χ1v) is 3.75. The molecular weight excluding hydrogens is 149 g/mol. The van der Waals surface area contributed by atoms with Crippen molar-refractivity contribution < 1.29 is 4.39 Å². The fourth-order valence-electron chi connectivity index (χ4n) is 0.690. The molecular formula is C7H8FNS. The SMILES string of the molecule is Cc1cc(SN)ccc1F. The Balaban J connectivity index is 3.04. The molecule has 0 saturated heterocycles. The minimum atomic E-state index is -0.183. The van der Waals surface area contributed by atoms with E-state index in [4.69, 9.17) is 5.14 Å². The molecule has 0 aliphatic heterocycles. The van der Waals surface area contributed by atoms with Crippen molar-refractivity contribution in [1.82, 2.24) is 0 Å². The molecule has 0 amide bonds. The molecule has 0 radical (unpaired) electrons. The highest BCUT2D eigenvalue weighted by molar-refractivity contribution is 7.97. The van der Waals surface area contributed by atoms with Crippen LogP contribution < -0.4 is 5.14 Å². The smallest absolute Gasteiger partial charge is 0.126 e. The van der Waals surface area contributed by atoms with E-state index in [0.717, 1.165) is 16.8 Å². The summed E-state index contributed by atoms with van der Waals surface area (Å²) in [6.07, 6.45) is 0. The van der Waals surface area contributed by atoms with E-state index in [1.165, 1.54) is 6.07 Å². The van der Waals surface area contributed by atoms with Crippen LogP contribution in [0.2, 0.25) is 0 Å². The van der Waals surface area contributed by atoms with Crippen molar-refractivity contribution in [2.24, 2.45) is 5.14 Å². The first kappa shape index (κ1) is 7.57. The third-order valence-electron chi connectivity index (χ3n) is 1.27. The van der Waals surface area contributed by atoms with Gasteiger partial charge in [-0.2, -0.15) is 0 Å². The van der Waals surface area contributed by atoms with Gasteiger partial charge in [0.05, 0.1) is 0 Å². The van der Waals surface area contributed by atoms with Crippen LogP contribution in [0.15, 0.2) is 23.1 Å². The molecule has 1 rings (SSSR count). The number of benzene rings is 1. The van der Waals surface area contributed by atoms with Crippen molar-refractivity contribution in [3.63, 3.8) is 0 Å². The molecule has 0 bridgehead atoms. The quantitative estimate of drug-likeness (QED) is 0.632. The zero-order chi connectivity index (χ0) is 7.56. The van der Waals surface area contributed by atoms with Gasteiger partial charge in [-0.1, -0.05) is 0 Å². The molecule has 1 aromatic carbocycles. The molecule has 2 N–H and O–H groups in total. The Morgan fingerprint density at radius 2 is 2.20 bits per heavy atom. The van der Waals surface area contributed by atoms with E-state index < -0.39 is 0 Å². The third-order valence-corrected chi connectivity index (χ3v) is 1.79. The van der Waals surface area contributed by atoms with E-state index in [1.54, 1.807) is 19.1 Å². The second-order valence-corrected chi connectivity index (χ2v) is 2.74. The Bertz CT molecular complexity index is 237. The molecule has 10 heavy (non-hydrogen) atoms. The zero-order valence-electron chi connectivity index (χ0n) is 5.60. The van der Waals surface area contributed by atoms with Crippen molar-refractivity contribution in [3.8, 4) is 0 Å². The van der Waals surface area contributed by atoms with Crippen LogP contribution in [-0.2, 0) is 0 Å². The summed E-state index contributed by atoms with van der Waals surface area (Å²) in [6, 6.07) is 4.80. The lowest BCUT2D eigenvalue weighted by Gasteiger charge is -1.97. The minimum absolute atomic E-state index is 0.183. The van der Waals surface area contributed by atoms with Gasteiger partial charge in [-0.3, -0.25) is 5.14 Å². The third kappa shape index (κ3) is 1.49. The first-order valence-electron chi connectivity index (χ1n) is 2.87. The molecule has 0 aromatic heterocycles. The fraction of sp³-hybridized carbons (Fsp3) is 0.143. The van der Waals surface area contributed by atoms with Gasteiger partial charge >= 0.3 is 0 Å². The lowest BCUT2D eigenvalue weighted by molar-refractivity contribution is 0.617. The Morgan fingerprint density at radius 1 is 1.50 bits per heavy atom. The molecule has 0 fully saturated rings. The predicted octanol–water partition coefficient (Wildman–Crippen LogP) is 2.10. The molecule has 0 spiro atoms. The van der Waals surface area contributed by atoms with Crippen LogP contribution in [0.4, 0.5) is 4.39 Å². The van der Waals surface area contributed by atoms with Gasteiger partial charge in [-0.25, -0.2) is 4.39 Å². The number of rotatable bonds is 1. The van der Waals surface area contributed by atoms with Gasteiger partial charge in [-0.05, 0) is 42.6 Å². The Labute approximate surface area is 63.6 Å². The number of hydrogen-bond acceptors (Lipinski definition) is 2. The molecule has 1 aromatic rings. The van der Waals surface area contributed by atoms with Crippen LogP contribution in [-0.4, -0.2) is 0 Å². The van der Waals surface area contributed by atoms with Crippen molar-refractivity contribution >= 4 is 11.9 Å². The van der Waals surface area contributed by atoms with Gasteiger partial charge in [0.25, 0.3) is 0 Å². The summed E-state index contributed by atoms with van der Waals surface area (Å²) in [7, 11) is 0. The van der Waals surface area contributed by atoms with Gasteiger partial charge in [0.2, 0.25) is 0 Å². The average Bonchev–Trinajstić information content (AvgIpc) is 1.95. The van der Waals surface area contributed by atoms with Crippen LogP contribution in [0.1, 0.15) is 5.56 Å². The number of halogens is 1. The van der Waals surface area contributed by atoms with E-state index in [0.29, 0.717) is 5.56 Å². The predicted molar refractivity (Wildman–Crippen MR) is 41.2 cm³/mol. The van der Waals surface area contributed by atoms with Gasteiger partial charge < -0.3 is 0 Å². The average molecular weight is 157 g/mol. The van der Waals surface area contributed by atoms with E-state index in [2.05, 4.69) is 0 Å². The van der Waals surface area contributed by atoms with Crippen LogP contribution in [0.3, 0.4) is 0 Å². The second kappa shape index (κ2) is 3.03. The first-order chi connectivity index (χ1) is 4.74. The minimum Gasteiger partial charge on any atom is -0.274 e. The van der Waals surface area contributed by atoms with Crippen molar-refractivity contribution in [2.75, 3.05) is 0 Å². The van der Waals surface area contributed by atoms with Crippen molar-refractivity contribution in [1.29, 1.82) is 0 Å². The summed E-state index contributed by atoms with van der Waals surface area (Å²) >= 11 is 1.12. The van der Waals surface area contributed by atoms with E-state index in [-0.39, 0.29) is 5.82 Å². The fourth-order valence-corrected chi connectivity index (χ4v) is 1.08. The second-order valence-electron chi connectivity index (χ2n) is 2.03. The molecule has 0 unspecified atom stereocenters. The highest BCUT2D eigenvalue weighted by Crippen LogP contribution is 2.15. The molecule has 0 heterocycles. The molecule has 0 aliphatic carbocycles. The maximum absolute atomic E-state index is 12.6. The van der Waals surface area contributed by atoms with Gasteiger partial charge in [-0.15, -0.1) is 0 Å². The van der Waals surface area contributed by atoms with Crippen LogP contribution in [0.5, 0.6) is 0 Å². The van der Waals surface area contributed by atoms with Crippen molar-refractivity contribution in [2.45, 2.75) is 11.8 Å². The monoisotopic (exact) mass is 157 g/mol. The summed E-state index contributed by atoms with van der Waals surface area (Å²) in [5.41, 5.74) is 0.635. The Kier molecular flexibility index (Phi) is 2.29. The highest BCUT2D eigenvalue weighted by Gasteiger charge is 1.96. The summed E-state index contributed by atoms with van der Waals surface area (Å²) < 4.78 is 12.6. The molecule has 1 nitrogen and oxygen atoms in total. The lowest BCUT2D eigenvalue weighted by atomic mass is 10.2. The summed E-state index contributed by atoms with van der Waals surface area (Å²) in [5.74, 6) is -0.183. The van der Waals surface area contributed by atoms with Crippen LogP contribution in [0.25, 0.3) is 0 Å². The van der Waals surface area contributed by atoms with Crippen molar-refractivity contribution in [3.05, 3.63) is 29.6 Å². The number of aryl methyl sites for hydroxylation is 1. The normalized spacial score (nSPS) is 9.90. The Morgan fingerprint density at radius 3 is 2.70 bits per heavy atom. The molecule has 0 saturated carbocycles. The van der Waals surface area contributed by atoms with E-state index in [9.17, 15) is 4.39 Å². The van der Waals surface area contributed by atoms with E-state index in [1.807, 2.05) is 0 Å². The number of hydrogen-bond donors (Lipinski definition) is 1. The molecule has 0 aliphatic rings. The largest absolute Gasteiger partial charge is 0.274 e. The number of nitrogens with two attached hydrogens (primary N) is 1. The molecule has 3 heteroatoms. The van der Waals surface area contributed by atoms with Gasteiger partial charge in [0.15, 0.2) is 0 Å². The molecule has 0 atom stereocenters. The maximum Gasteiger partial charge on any atom is 0.126 e. The topological polar surface area (TPSA) is 26.0 Å². The van der Waals surface area contributed by atoms with Gasteiger partial charge in [0.1, 0.15) is 5.82 Å². The standard InChI is InChI=1S/C7H8FNS/c1-5-4-6(10-9)2-3-7(5)8/h2-4H,9H2,1H3. The molecule has 54 valence electrons. The summed E-state index contributed by atoms with van der Waals surface area (Å²) in [6.45, 7) is 1.72. The van der Waals surface area contributed by atoms with Gasteiger partial charge in [0, 0.05) is 4.90 Å². The van der Waals surface area contributed by atoms with Crippen LogP contribution in [0, 0.1) is 12.7 Å². The summed E-state index contributed by atoms with van der Waals surface area (Å²) in [5, 5.41) is 5.26. The van der Waals surface area contributed by atoms with E-state index >= 15 is 0 Å². The maximum atomic E-state index is 12.6. The Hall–Kier alpha value is -0.540. The highest BCUT2D eigenvalue weighted by atomic mass is 32.2. The summed E-state index contributed by atoms with van der Waals surface area (Å²) in [4.78, 5) is 0.888. The van der Waals surface area contributed by atoms with Crippen LogP contribution >= 0.6 is 11.9 Å². The zero-order valence-corrected chi connectivity index (χ0v) is 6.41.